The van der Waals surface area contributed by atoms with E-state index in [4.69, 9.17) is 17.3 Å². The standard InChI is InChI=1S/C13H9ClN4O2/c14-7-1-3-9(4-2-7)18-11-10(5-8(15)6-16-11)12(19)17-13(18)20/h1-6H,15H2,(H,17,19,20). The van der Waals surface area contributed by atoms with Crippen molar-refractivity contribution in [3.05, 3.63) is 62.4 Å². The monoisotopic (exact) mass is 288 g/mol. The molecule has 0 fully saturated rings. The van der Waals surface area contributed by atoms with Crippen molar-refractivity contribution in [1.82, 2.24) is 14.5 Å². The van der Waals surface area contributed by atoms with Gasteiger partial charge in [-0.15, -0.1) is 0 Å². The first kappa shape index (κ1) is 12.4. The van der Waals surface area contributed by atoms with Gasteiger partial charge in [0.2, 0.25) is 0 Å². The number of nitrogen functional groups attached to an aromatic ring is 1. The van der Waals surface area contributed by atoms with E-state index in [1.165, 1.54) is 16.8 Å². The van der Waals surface area contributed by atoms with Crippen LogP contribution < -0.4 is 17.0 Å². The van der Waals surface area contributed by atoms with Crippen LogP contribution in [0.1, 0.15) is 0 Å². The highest BCUT2D eigenvalue weighted by Crippen LogP contribution is 2.16. The average molecular weight is 289 g/mol. The van der Waals surface area contributed by atoms with Crippen LogP contribution >= 0.6 is 11.6 Å². The van der Waals surface area contributed by atoms with Crippen molar-refractivity contribution >= 4 is 28.3 Å². The maximum absolute atomic E-state index is 12.0. The smallest absolute Gasteiger partial charge is 0.334 e. The topological polar surface area (TPSA) is 93.8 Å². The van der Waals surface area contributed by atoms with E-state index in [1.54, 1.807) is 24.3 Å². The van der Waals surface area contributed by atoms with Crippen LogP contribution in [-0.2, 0) is 0 Å². The Balaban J connectivity index is 2.44. The number of aromatic amines is 1. The highest BCUT2D eigenvalue weighted by Gasteiger charge is 2.10. The van der Waals surface area contributed by atoms with Crippen molar-refractivity contribution in [3.8, 4) is 5.69 Å². The zero-order valence-corrected chi connectivity index (χ0v) is 10.9. The molecule has 0 amide bonds. The lowest BCUT2D eigenvalue weighted by molar-refractivity contribution is 0.926. The molecule has 2 aromatic heterocycles. The number of nitrogens with two attached hydrogens (primary N) is 1. The average Bonchev–Trinajstić information content (AvgIpc) is 2.41. The second-order valence-electron chi connectivity index (χ2n) is 4.21. The van der Waals surface area contributed by atoms with Crippen LogP contribution in [0, 0.1) is 0 Å². The molecule has 100 valence electrons. The van der Waals surface area contributed by atoms with E-state index < -0.39 is 11.2 Å². The molecule has 0 aliphatic carbocycles. The number of fused-ring (bicyclic) bond motifs is 1. The molecule has 0 spiro atoms. The quantitative estimate of drug-likeness (QED) is 0.706. The first-order valence-corrected chi connectivity index (χ1v) is 6.10. The summed E-state index contributed by atoms with van der Waals surface area (Å²) in [4.78, 5) is 30.2. The van der Waals surface area contributed by atoms with Crippen LogP contribution in [0.5, 0.6) is 0 Å². The predicted molar refractivity (Wildman–Crippen MR) is 77.4 cm³/mol. The zero-order chi connectivity index (χ0) is 14.3. The van der Waals surface area contributed by atoms with E-state index in [0.29, 0.717) is 16.4 Å². The van der Waals surface area contributed by atoms with E-state index in [0.717, 1.165) is 0 Å². The number of hydrogen-bond acceptors (Lipinski definition) is 4. The maximum Gasteiger partial charge on any atom is 0.334 e. The third-order valence-corrected chi connectivity index (χ3v) is 3.10. The van der Waals surface area contributed by atoms with Crippen LogP contribution in [0.3, 0.4) is 0 Å². The van der Waals surface area contributed by atoms with Crippen molar-refractivity contribution in [3.63, 3.8) is 0 Å². The molecule has 0 bridgehead atoms. The summed E-state index contributed by atoms with van der Waals surface area (Å²) < 4.78 is 1.30. The van der Waals surface area contributed by atoms with E-state index in [2.05, 4.69) is 9.97 Å². The number of hydrogen-bond donors (Lipinski definition) is 2. The van der Waals surface area contributed by atoms with Gasteiger partial charge in [-0.2, -0.15) is 0 Å². The fourth-order valence-corrected chi connectivity index (χ4v) is 2.09. The van der Waals surface area contributed by atoms with Crippen molar-refractivity contribution < 1.29 is 0 Å². The minimum Gasteiger partial charge on any atom is -0.397 e. The molecule has 0 aliphatic rings. The molecule has 0 saturated heterocycles. The van der Waals surface area contributed by atoms with E-state index in [9.17, 15) is 9.59 Å². The van der Waals surface area contributed by atoms with Crippen LogP contribution in [0.25, 0.3) is 16.7 Å². The second kappa shape index (κ2) is 4.50. The van der Waals surface area contributed by atoms with Gasteiger partial charge in [0.15, 0.2) is 5.65 Å². The molecular formula is C13H9ClN4O2. The van der Waals surface area contributed by atoms with Gasteiger partial charge in [0.25, 0.3) is 5.56 Å². The Labute approximate surface area is 117 Å². The summed E-state index contributed by atoms with van der Waals surface area (Å²) in [7, 11) is 0. The third-order valence-electron chi connectivity index (χ3n) is 2.85. The number of halogens is 1. The highest BCUT2D eigenvalue weighted by molar-refractivity contribution is 6.30. The van der Waals surface area contributed by atoms with Gasteiger partial charge in [-0.3, -0.25) is 9.78 Å². The van der Waals surface area contributed by atoms with Gasteiger partial charge in [-0.05, 0) is 30.3 Å². The van der Waals surface area contributed by atoms with Crippen LogP contribution in [-0.4, -0.2) is 14.5 Å². The molecule has 0 radical (unpaired) electrons. The summed E-state index contributed by atoms with van der Waals surface area (Å²) in [6, 6.07) is 8.11. The number of nitrogens with one attached hydrogen (secondary N) is 1. The van der Waals surface area contributed by atoms with Crippen molar-refractivity contribution in [2.45, 2.75) is 0 Å². The van der Waals surface area contributed by atoms with Crippen LogP contribution in [0.4, 0.5) is 5.69 Å². The van der Waals surface area contributed by atoms with Crippen LogP contribution in [0.15, 0.2) is 46.1 Å². The molecule has 0 unspecified atom stereocenters. The molecule has 6 nitrogen and oxygen atoms in total. The lowest BCUT2D eigenvalue weighted by Gasteiger charge is -2.08. The lowest BCUT2D eigenvalue weighted by atomic mass is 10.2. The summed E-state index contributed by atoms with van der Waals surface area (Å²) in [5.41, 5.74) is 5.68. The minimum atomic E-state index is -0.568. The number of aromatic nitrogens is 3. The van der Waals surface area contributed by atoms with Gasteiger partial charge in [-0.1, -0.05) is 11.6 Å². The summed E-state index contributed by atoms with van der Waals surface area (Å²) >= 11 is 5.83. The SMILES string of the molecule is Nc1cnc2c(c1)c(=O)[nH]c(=O)n2-c1ccc(Cl)cc1. The Morgan fingerprint density at radius 1 is 1.20 bits per heavy atom. The van der Waals surface area contributed by atoms with Gasteiger partial charge >= 0.3 is 5.69 Å². The van der Waals surface area contributed by atoms with Crippen LogP contribution in [0.2, 0.25) is 5.02 Å². The molecule has 1 aromatic carbocycles. The number of H-pyrrole nitrogens is 1. The Bertz CT molecular complexity index is 912. The molecular weight excluding hydrogens is 280 g/mol. The van der Waals surface area contributed by atoms with E-state index >= 15 is 0 Å². The first-order chi connectivity index (χ1) is 9.56. The number of benzene rings is 1. The van der Waals surface area contributed by atoms with Crippen molar-refractivity contribution in [1.29, 1.82) is 0 Å². The normalized spacial score (nSPS) is 10.8. The van der Waals surface area contributed by atoms with E-state index in [1.807, 2.05) is 0 Å². The fraction of sp³-hybridized carbons (Fsp3) is 0. The maximum atomic E-state index is 12.0. The molecule has 7 heteroatoms. The Hall–Kier alpha value is -2.60. The van der Waals surface area contributed by atoms with Gasteiger partial charge in [0, 0.05) is 5.02 Å². The Morgan fingerprint density at radius 3 is 2.60 bits per heavy atom. The summed E-state index contributed by atoms with van der Waals surface area (Å²) in [6.07, 6.45) is 1.40. The highest BCUT2D eigenvalue weighted by atomic mass is 35.5. The molecule has 0 aliphatic heterocycles. The van der Waals surface area contributed by atoms with Crippen molar-refractivity contribution in [2.24, 2.45) is 0 Å². The minimum absolute atomic E-state index is 0.246. The molecule has 3 N–H and O–H groups in total. The first-order valence-electron chi connectivity index (χ1n) is 5.73. The van der Waals surface area contributed by atoms with Gasteiger partial charge in [0.05, 0.1) is 23.0 Å². The lowest BCUT2D eigenvalue weighted by Crippen LogP contribution is -2.29. The fourth-order valence-electron chi connectivity index (χ4n) is 1.97. The zero-order valence-electron chi connectivity index (χ0n) is 10.1. The molecule has 0 saturated carbocycles. The number of nitrogens with zero attached hydrogens (tertiary/aromatic N) is 2. The predicted octanol–water partition coefficient (Wildman–Crippen LogP) is 1.31. The van der Waals surface area contributed by atoms with Crippen molar-refractivity contribution in [2.75, 3.05) is 5.73 Å². The third kappa shape index (κ3) is 1.96. The van der Waals surface area contributed by atoms with Gasteiger partial charge in [-0.25, -0.2) is 14.3 Å². The molecule has 3 rings (SSSR count). The molecule has 3 aromatic rings. The number of rotatable bonds is 1. The largest absolute Gasteiger partial charge is 0.397 e. The number of anilines is 1. The number of pyridine rings is 1. The Kier molecular flexibility index (Phi) is 2.80. The summed E-state index contributed by atoms with van der Waals surface area (Å²) in [5.74, 6) is 0. The summed E-state index contributed by atoms with van der Waals surface area (Å²) in [6.45, 7) is 0. The van der Waals surface area contributed by atoms with Gasteiger partial charge in [0.1, 0.15) is 0 Å². The van der Waals surface area contributed by atoms with E-state index in [-0.39, 0.29) is 11.0 Å². The Morgan fingerprint density at radius 2 is 1.90 bits per heavy atom. The second-order valence-corrected chi connectivity index (χ2v) is 4.65. The molecule has 0 atom stereocenters. The van der Waals surface area contributed by atoms with Gasteiger partial charge < -0.3 is 5.73 Å². The molecule has 20 heavy (non-hydrogen) atoms. The summed E-state index contributed by atoms with van der Waals surface area (Å²) in [5, 5.41) is 0.798. The molecule has 2 heterocycles.